The van der Waals surface area contributed by atoms with Gasteiger partial charge in [-0.3, -0.25) is 19.9 Å². The van der Waals surface area contributed by atoms with Gasteiger partial charge in [-0.2, -0.15) is 0 Å². The number of piperazine rings is 1. The van der Waals surface area contributed by atoms with E-state index >= 15 is 0 Å². The van der Waals surface area contributed by atoms with Crippen molar-refractivity contribution in [3.05, 3.63) is 11.8 Å². The quantitative estimate of drug-likeness (QED) is 0.244. The van der Waals surface area contributed by atoms with Gasteiger partial charge in [0, 0.05) is 37.5 Å². The summed E-state index contributed by atoms with van der Waals surface area (Å²) in [6.07, 6.45) is 1.18. The molecule has 182 valence electrons. The monoisotopic (exact) mass is 479 g/mol. The second-order valence-corrected chi connectivity index (χ2v) is 11.2. The van der Waals surface area contributed by atoms with Crippen molar-refractivity contribution in [3.8, 4) is 0 Å². The number of carboxylic acid groups (broad SMARTS) is 1. The first-order valence-electron chi connectivity index (χ1n) is 11.5. The SMILES string of the molecule is CC(=N)N1CCN(C(=O)C2CC(SC3(C(C)O)C(=O)N4C(C(=O)O)=CC(C)[C@H]43)CN2)C(C)C1. The largest absolute Gasteiger partial charge is 0.477 e. The molecule has 0 aromatic rings. The second kappa shape index (κ2) is 8.59. The number of carbonyl (C=O) groups excluding carboxylic acids is 2. The summed E-state index contributed by atoms with van der Waals surface area (Å²) in [7, 11) is 0. The van der Waals surface area contributed by atoms with Crippen LogP contribution in [0.4, 0.5) is 0 Å². The van der Waals surface area contributed by atoms with Crippen LogP contribution in [-0.4, -0.2) is 109 Å². The molecule has 2 amide bonds. The zero-order valence-corrected chi connectivity index (χ0v) is 20.3. The van der Waals surface area contributed by atoms with Crippen molar-refractivity contribution >= 4 is 35.4 Å². The Morgan fingerprint density at radius 1 is 1.33 bits per heavy atom. The van der Waals surface area contributed by atoms with E-state index in [0.717, 1.165) is 0 Å². The van der Waals surface area contributed by atoms with E-state index in [1.165, 1.54) is 16.7 Å². The number of aliphatic carboxylic acids is 1. The van der Waals surface area contributed by atoms with E-state index in [-0.39, 0.29) is 40.8 Å². The molecule has 7 atom stereocenters. The summed E-state index contributed by atoms with van der Waals surface area (Å²) in [6, 6.07) is -0.762. The van der Waals surface area contributed by atoms with Crippen LogP contribution in [0.15, 0.2) is 11.8 Å². The number of hydrogen-bond donors (Lipinski definition) is 4. The van der Waals surface area contributed by atoms with E-state index in [9.17, 15) is 24.6 Å². The standard InChI is InChI=1S/C22H33N5O5S/c1-11-7-17(20(30)31)27-18(11)22(13(3)28,21(27)32)33-15-8-16(24-9-15)19(29)26-6-5-25(14(4)23)10-12(26)2/h7,11-13,15-16,18,23-24,28H,5-6,8-10H2,1-4H3,(H,30,31)/t11?,12?,13?,15?,16?,18-,22?/m0/s1. The molecule has 4 aliphatic rings. The Kier molecular flexibility index (Phi) is 6.25. The molecule has 11 heteroatoms. The van der Waals surface area contributed by atoms with Gasteiger partial charge < -0.3 is 25.3 Å². The number of hydrogen-bond acceptors (Lipinski definition) is 7. The Bertz CT molecular complexity index is 910. The third-order valence-electron chi connectivity index (χ3n) is 7.42. The first-order chi connectivity index (χ1) is 15.5. The number of carboxylic acids is 1. The lowest BCUT2D eigenvalue weighted by molar-refractivity contribution is -0.158. The Hall–Kier alpha value is -2.11. The van der Waals surface area contributed by atoms with Crippen LogP contribution in [0.3, 0.4) is 0 Å². The minimum absolute atomic E-state index is 0.00507. The van der Waals surface area contributed by atoms with Gasteiger partial charge in [0.15, 0.2) is 0 Å². The van der Waals surface area contributed by atoms with E-state index in [4.69, 9.17) is 5.41 Å². The van der Waals surface area contributed by atoms with E-state index in [0.29, 0.717) is 38.4 Å². The fourth-order valence-electron chi connectivity index (χ4n) is 5.74. The summed E-state index contributed by atoms with van der Waals surface area (Å²) >= 11 is 1.39. The lowest BCUT2D eigenvalue weighted by Crippen LogP contribution is -2.76. The Morgan fingerprint density at radius 3 is 2.61 bits per heavy atom. The molecule has 4 rings (SSSR count). The third-order valence-corrected chi connectivity index (χ3v) is 9.26. The molecular weight excluding hydrogens is 446 g/mol. The number of aliphatic hydroxyl groups excluding tert-OH is 1. The van der Waals surface area contributed by atoms with Gasteiger partial charge in [0.05, 0.1) is 24.0 Å². The van der Waals surface area contributed by atoms with E-state index < -0.39 is 22.9 Å². The summed E-state index contributed by atoms with van der Waals surface area (Å²) in [5, 5.41) is 31.2. The summed E-state index contributed by atoms with van der Waals surface area (Å²) < 4.78 is -1.11. The normalized spacial score (nSPS) is 36.9. The van der Waals surface area contributed by atoms with Gasteiger partial charge in [0.2, 0.25) is 11.8 Å². The highest BCUT2D eigenvalue weighted by atomic mass is 32.2. The van der Waals surface area contributed by atoms with Crippen molar-refractivity contribution in [1.82, 2.24) is 20.0 Å². The first-order valence-corrected chi connectivity index (χ1v) is 12.4. The molecule has 0 saturated carbocycles. The van der Waals surface area contributed by atoms with Crippen molar-refractivity contribution in [1.29, 1.82) is 5.41 Å². The van der Waals surface area contributed by atoms with Gasteiger partial charge >= 0.3 is 5.97 Å². The molecule has 0 radical (unpaired) electrons. The van der Waals surface area contributed by atoms with Gasteiger partial charge in [0.25, 0.3) is 0 Å². The maximum atomic E-state index is 13.2. The van der Waals surface area contributed by atoms with Gasteiger partial charge in [-0.1, -0.05) is 6.92 Å². The summed E-state index contributed by atoms with van der Waals surface area (Å²) in [5.41, 5.74) is -0.0136. The van der Waals surface area contributed by atoms with Crippen molar-refractivity contribution < 1.29 is 24.6 Å². The number of rotatable bonds is 5. The predicted octanol–water partition coefficient (Wildman–Crippen LogP) is -0.0714. The maximum absolute atomic E-state index is 13.2. The first kappa shape index (κ1) is 24.0. The van der Waals surface area contributed by atoms with Gasteiger partial charge in [-0.25, -0.2) is 4.79 Å². The number of β-lactam (4-membered cyclic amide) rings is 1. The fraction of sp³-hybridized carbons (Fsp3) is 0.727. The van der Waals surface area contributed by atoms with Gasteiger partial charge in [-0.15, -0.1) is 11.8 Å². The second-order valence-electron chi connectivity index (χ2n) is 9.65. The maximum Gasteiger partial charge on any atom is 0.352 e. The Labute approximate surface area is 197 Å². The molecular formula is C22H33N5O5S. The minimum atomic E-state index is -1.14. The highest BCUT2D eigenvalue weighted by Gasteiger charge is 2.69. The summed E-state index contributed by atoms with van der Waals surface area (Å²) in [6.45, 7) is 9.60. The predicted molar refractivity (Wildman–Crippen MR) is 124 cm³/mol. The minimum Gasteiger partial charge on any atom is -0.477 e. The highest BCUT2D eigenvalue weighted by Crippen LogP contribution is 2.55. The summed E-state index contributed by atoms with van der Waals surface area (Å²) in [4.78, 5) is 43.1. The van der Waals surface area contributed by atoms with Crippen LogP contribution in [0.5, 0.6) is 0 Å². The molecule has 0 spiro atoms. The Morgan fingerprint density at radius 2 is 2.03 bits per heavy atom. The Balaban J connectivity index is 1.42. The van der Waals surface area contributed by atoms with Crippen LogP contribution in [0.25, 0.3) is 0 Å². The number of nitrogens with one attached hydrogen (secondary N) is 2. The molecule has 0 aliphatic carbocycles. The summed E-state index contributed by atoms with van der Waals surface area (Å²) in [5.74, 6) is -1.15. The van der Waals surface area contributed by atoms with Crippen LogP contribution in [0.1, 0.15) is 34.1 Å². The molecule has 0 aromatic carbocycles. The van der Waals surface area contributed by atoms with E-state index in [1.54, 1.807) is 19.9 Å². The third kappa shape index (κ3) is 3.74. The van der Waals surface area contributed by atoms with Crippen LogP contribution in [-0.2, 0) is 14.4 Å². The lowest BCUT2D eigenvalue weighted by atomic mass is 9.78. The van der Waals surface area contributed by atoms with Gasteiger partial charge in [0.1, 0.15) is 10.4 Å². The number of amides is 2. The zero-order chi connectivity index (χ0) is 24.2. The number of thioether (sulfide) groups is 1. The van der Waals surface area contributed by atoms with Crippen molar-refractivity contribution in [2.45, 2.75) is 68.3 Å². The molecule has 10 nitrogen and oxygen atoms in total. The molecule has 4 aliphatic heterocycles. The van der Waals surface area contributed by atoms with Crippen molar-refractivity contribution in [2.24, 2.45) is 5.92 Å². The number of aliphatic hydroxyl groups is 1. The van der Waals surface area contributed by atoms with E-state index in [1.807, 2.05) is 23.6 Å². The molecule has 0 aromatic heterocycles. The van der Waals surface area contributed by atoms with Crippen LogP contribution in [0.2, 0.25) is 0 Å². The zero-order valence-electron chi connectivity index (χ0n) is 19.4. The average Bonchev–Trinajstić information content (AvgIpc) is 3.33. The van der Waals surface area contributed by atoms with Crippen LogP contribution >= 0.6 is 11.8 Å². The van der Waals surface area contributed by atoms with Crippen LogP contribution in [0, 0.1) is 11.3 Å². The molecule has 3 fully saturated rings. The molecule has 33 heavy (non-hydrogen) atoms. The lowest BCUT2D eigenvalue weighted by Gasteiger charge is -2.56. The van der Waals surface area contributed by atoms with Gasteiger partial charge in [-0.05, 0) is 39.2 Å². The number of fused-ring (bicyclic) bond motifs is 1. The smallest absolute Gasteiger partial charge is 0.352 e. The number of nitrogens with zero attached hydrogens (tertiary/aromatic N) is 3. The average molecular weight is 480 g/mol. The highest BCUT2D eigenvalue weighted by molar-refractivity contribution is 8.02. The van der Waals surface area contributed by atoms with E-state index in [2.05, 4.69) is 5.32 Å². The topological polar surface area (TPSA) is 137 Å². The number of carbonyl (C=O) groups is 3. The molecule has 3 saturated heterocycles. The molecule has 0 bridgehead atoms. The molecule has 4 heterocycles. The van der Waals surface area contributed by atoms with Crippen LogP contribution < -0.4 is 5.32 Å². The molecule has 4 N–H and O–H groups in total. The number of amidine groups is 1. The molecule has 6 unspecified atom stereocenters. The van der Waals surface area contributed by atoms with Crippen molar-refractivity contribution in [3.63, 3.8) is 0 Å². The fourth-order valence-corrected chi connectivity index (χ4v) is 7.61. The van der Waals surface area contributed by atoms with Crippen molar-refractivity contribution in [2.75, 3.05) is 26.2 Å².